The van der Waals surface area contributed by atoms with Crippen LogP contribution in [0.2, 0.25) is 4.87 Å². The zero-order valence-corrected chi connectivity index (χ0v) is 30.1. The summed E-state index contributed by atoms with van der Waals surface area (Å²) in [5.41, 5.74) is 4.81. The van der Waals surface area contributed by atoms with E-state index in [2.05, 4.69) is 88.1 Å². The molecule has 6 nitrogen and oxygen atoms in total. The van der Waals surface area contributed by atoms with Crippen LogP contribution in [0.1, 0.15) is 63.5 Å². The number of nitrogens with one attached hydrogen (secondary N) is 2. The van der Waals surface area contributed by atoms with Gasteiger partial charge in [-0.05, 0) is 20.3 Å². The molecule has 1 heterocycles. The van der Waals surface area contributed by atoms with Crippen molar-refractivity contribution in [1.29, 1.82) is 0 Å². The second-order valence-electron chi connectivity index (χ2n) is 10.9. The molecular weight excluding hydrogens is 662 g/mol. The van der Waals surface area contributed by atoms with E-state index in [1.807, 2.05) is 43.3 Å². The van der Waals surface area contributed by atoms with Crippen LogP contribution in [0.5, 0.6) is 5.75 Å². The SMILES string of the molecule is C/C=C\C=C(/C=C(C)CC)c1csc(Nc2cccc(C(=O)NCCC[N](CC(C)C)[Sb+]([CH3])[c]3ccc(OC)cc3)c2)n1. The molecule has 1 amide bonds. The number of ether oxygens (including phenoxy) is 1. The Morgan fingerprint density at radius 3 is 2.63 bits per heavy atom. The number of allylic oxidation sites excluding steroid dienone is 6. The Labute approximate surface area is 270 Å². The van der Waals surface area contributed by atoms with Crippen molar-refractivity contribution >= 4 is 57.6 Å². The first kappa shape index (κ1) is 34.6. The molecule has 2 N–H and O–H groups in total. The van der Waals surface area contributed by atoms with Gasteiger partial charge in [0.15, 0.2) is 0 Å². The number of nitrogens with zero attached hydrogens (tertiary/aromatic N) is 2. The summed E-state index contributed by atoms with van der Waals surface area (Å²) in [5, 5.41) is 9.38. The molecule has 0 aliphatic heterocycles. The van der Waals surface area contributed by atoms with Crippen molar-refractivity contribution in [3.05, 3.63) is 95.0 Å². The first-order valence-corrected chi connectivity index (χ1v) is 20.8. The van der Waals surface area contributed by atoms with Gasteiger partial charge < -0.3 is 0 Å². The molecule has 0 fully saturated rings. The monoisotopic (exact) mass is 708 g/mol. The van der Waals surface area contributed by atoms with Crippen molar-refractivity contribution in [1.82, 2.24) is 13.4 Å². The fourth-order valence-electron chi connectivity index (χ4n) is 4.41. The van der Waals surface area contributed by atoms with Crippen molar-refractivity contribution in [3.8, 4) is 5.75 Å². The molecule has 1 radical (unpaired) electrons. The van der Waals surface area contributed by atoms with Crippen molar-refractivity contribution < 1.29 is 9.53 Å². The number of rotatable bonds is 16. The molecule has 3 aromatic rings. The molecule has 43 heavy (non-hydrogen) atoms. The van der Waals surface area contributed by atoms with E-state index in [9.17, 15) is 4.79 Å². The number of methoxy groups -OCH3 is 1. The van der Waals surface area contributed by atoms with Crippen molar-refractivity contribution in [2.24, 2.45) is 5.92 Å². The van der Waals surface area contributed by atoms with Gasteiger partial charge in [-0.25, -0.2) is 0 Å². The Morgan fingerprint density at radius 2 is 1.95 bits per heavy atom. The summed E-state index contributed by atoms with van der Waals surface area (Å²) in [6.07, 6.45) is 10.2. The molecule has 0 saturated carbocycles. The predicted octanol–water partition coefficient (Wildman–Crippen LogP) is 7.82. The maximum atomic E-state index is 13.0. The zero-order valence-electron chi connectivity index (χ0n) is 26.7. The number of amides is 1. The van der Waals surface area contributed by atoms with Crippen LogP contribution in [0.25, 0.3) is 5.57 Å². The van der Waals surface area contributed by atoms with E-state index in [-0.39, 0.29) is 5.91 Å². The molecule has 8 heteroatoms. The van der Waals surface area contributed by atoms with Gasteiger partial charge in [-0.1, -0.05) is 36.8 Å². The maximum absolute atomic E-state index is 13.0. The third-order valence-electron chi connectivity index (χ3n) is 6.93. The molecule has 0 spiro atoms. The molecular formula is C35H47N4O2SSb+. The first-order valence-electron chi connectivity index (χ1n) is 15.0. The molecule has 2 aromatic carbocycles. The van der Waals surface area contributed by atoms with E-state index < -0.39 is 20.5 Å². The summed E-state index contributed by atoms with van der Waals surface area (Å²) in [7, 11) is 1.70. The Hall–Kier alpha value is -2.86. The molecule has 0 aliphatic carbocycles. The molecule has 0 saturated heterocycles. The summed E-state index contributed by atoms with van der Waals surface area (Å²) in [6.45, 7) is 13.5. The third kappa shape index (κ3) is 11.3. The Bertz CT molecular complexity index is 1390. The number of hydrogen-bond acceptors (Lipinski definition) is 6. The quantitative estimate of drug-likeness (QED) is 0.0903. The number of thiazole rings is 1. The summed E-state index contributed by atoms with van der Waals surface area (Å²) in [5.74, 6) is 1.43. The Morgan fingerprint density at radius 1 is 1.19 bits per heavy atom. The van der Waals surface area contributed by atoms with E-state index in [4.69, 9.17) is 9.72 Å². The van der Waals surface area contributed by atoms with Crippen LogP contribution in [-0.4, -0.2) is 61.2 Å². The number of benzene rings is 2. The van der Waals surface area contributed by atoms with Gasteiger partial charge in [0.2, 0.25) is 0 Å². The number of carbonyl (C=O) groups excluding carboxylic acids is 1. The number of anilines is 2. The number of aromatic nitrogens is 1. The molecule has 0 unspecified atom stereocenters. The second-order valence-corrected chi connectivity index (χ2v) is 17.8. The zero-order chi connectivity index (χ0) is 31.2. The number of carbonyl (C=O) groups is 1. The molecule has 3 rings (SSSR count). The van der Waals surface area contributed by atoms with Crippen LogP contribution in [0.4, 0.5) is 10.8 Å². The van der Waals surface area contributed by atoms with Crippen LogP contribution in [0, 0.1) is 5.92 Å². The molecule has 0 bridgehead atoms. The topological polar surface area (TPSA) is 66.5 Å². The van der Waals surface area contributed by atoms with E-state index in [1.54, 1.807) is 18.4 Å². The van der Waals surface area contributed by atoms with Gasteiger partial charge in [-0.3, -0.25) is 0 Å². The van der Waals surface area contributed by atoms with Crippen molar-refractivity contribution in [2.45, 2.75) is 52.3 Å². The van der Waals surface area contributed by atoms with E-state index >= 15 is 0 Å². The fraction of sp³-hybridized carbons (Fsp3) is 0.371. The van der Waals surface area contributed by atoms with Crippen LogP contribution in [0.15, 0.2) is 83.8 Å². The minimum absolute atomic E-state index is 0.0556. The molecule has 0 atom stereocenters. The summed E-state index contributed by atoms with van der Waals surface area (Å²) in [4.78, 5) is 20.3. The summed E-state index contributed by atoms with van der Waals surface area (Å²) in [6, 6.07) is 16.2. The standard InChI is InChI=1S/C27H37N4OS.C7H7O.CH3.Sb/c1-6-8-11-22(16-21(5)7-2)25-19-33-27(31-25)30-24-13-9-12-23(17-24)26(32)29-15-10-14-28-18-20(3)4;1-8-7-5-3-2-4-6-7;;/h6,8-9,11-13,16-17,19-20H,7,10,14-15,18H2,1-5H3,(H,29,32)(H,30,31);3-6H,1H3;1H3;/q-1;;;+2/b8-6-,21-16?,22-11+;;;. The van der Waals surface area contributed by atoms with Crippen molar-refractivity contribution in [3.63, 3.8) is 0 Å². The number of hydrogen-bond donors (Lipinski definition) is 2. The van der Waals surface area contributed by atoms with Gasteiger partial charge in [0.1, 0.15) is 0 Å². The normalized spacial score (nSPS) is 12.5. The molecule has 1 aromatic heterocycles. The van der Waals surface area contributed by atoms with Crippen LogP contribution >= 0.6 is 11.3 Å². The summed E-state index contributed by atoms with van der Waals surface area (Å²) < 4.78 is 9.46. The summed E-state index contributed by atoms with van der Waals surface area (Å²) >= 11 is -0.260. The Kier molecular flexibility index (Phi) is 14.5. The van der Waals surface area contributed by atoms with Gasteiger partial charge in [0, 0.05) is 11.0 Å². The van der Waals surface area contributed by atoms with Gasteiger partial charge in [0.25, 0.3) is 0 Å². The Balaban J connectivity index is 1.58. The van der Waals surface area contributed by atoms with Crippen LogP contribution in [0.3, 0.4) is 0 Å². The van der Waals surface area contributed by atoms with E-state index in [0.29, 0.717) is 18.0 Å². The van der Waals surface area contributed by atoms with E-state index in [1.165, 1.54) is 9.08 Å². The average molecular weight is 710 g/mol. The van der Waals surface area contributed by atoms with Gasteiger partial charge in [-0.2, -0.15) is 0 Å². The molecule has 229 valence electrons. The molecule has 0 aliphatic rings. The van der Waals surface area contributed by atoms with Crippen molar-refractivity contribution in [2.75, 3.05) is 32.1 Å². The predicted molar refractivity (Wildman–Crippen MR) is 186 cm³/mol. The second kappa shape index (κ2) is 18.1. The third-order valence-corrected chi connectivity index (χ3v) is 14.1. The fourth-order valence-corrected chi connectivity index (χ4v) is 10.6. The van der Waals surface area contributed by atoms with Gasteiger partial charge in [-0.15, -0.1) is 0 Å². The van der Waals surface area contributed by atoms with Crippen LogP contribution < -0.4 is 18.9 Å². The first-order chi connectivity index (χ1) is 20.7. The van der Waals surface area contributed by atoms with Crippen LogP contribution in [-0.2, 0) is 0 Å². The average Bonchev–Trinajstić information content (AvgIpc) is 3.48. The minimum atomic E-state index is -1.82. The van der Waals surface area contributed by atoms with Gasteiger partial charge in [0.05, 0.1) is 5.69 Å². The van der Waals surface area contributed by atoms with E-state index in [0.717, 1.165) is 53.8 Å². The van der Waals surface area contributed by atoms with Gasteiger partial charge >= 0.3 is 198 Å².